The fourth-order valence-corrected chi connectivity index (χ4v) is 3.23. The van der Waals surface area contributed by atoms with E-state index >= 15 is 0 Å². The van der Waals surface area contributed by atoms with E-state index in [-0.39, 0.29) is 11.9 Å². The zero-order valence-electron chi connectivity index (χ0n) is 14.3. The number of hydrogen-bond acceptors (Lipinski definition) is 2. The molecule has 0 N–H and O–H groups in total. The molecule has 3 nitrogen and oxygen atoms in total. The van der Waals surface area contributed by atoms with Crippen molar-refractivity contribution in [3.8, 4) is 6.07 Å². The molecular formula is C20H28N2O. The minimum absolute atomic E-state index is 0.000153. The summed E-state index contributed by atoms with van der Waals surface area (Å²) in [6.45, 7) is 2.94. The third-order valence-electron chi connectivity index (χ3n) is 4.68. The Morgan fingerprint density at radius 3 is 2.57 bits per heavy atom. The molecule has 1 aromatic carbocycles. The summed E-state index contributed by atoms with van der Waals surface area (Å²) >= 11 is 0. The van der Waals surface area contributed by atoms with E-state index in [4.69, 9.17) is 5.26 Å². The second-order valence-electron chi connectivity index (χ2n) is 6.50. The van der Waals surface area contributed by atoms with E-state index in [0.717, 1.165) is 19.3 Å². The molecule has 2 rings (SSSR count). The number of carbonyl (C=O) groups is 1. The van der Waals surface area contributed by atoms with Gasteiger partial charge in [0.15, 0.2) is 0 Å². The Kier molecular flexibility index (Phi) is 7.13. The zero-order chi connectivity index (χ0) is 16.5. The van der Waals surface area contributed by atoms with Crippen molar-refractivity contribution < 1.29 is 4.79 Å². The van der Waals surface area contributed by atoms with Gasteiger partial charge >= 0.3 is 0 Å². The number of nitrogens with zero attached hydrogens (tertiary/aromatic N) is 2. The summed E-state index contributed by atoms with van der Waals surface area (Å²) in [6, 6.07) is 9.95. The highest BCUT2D eigenvalue weighted by molar-refractivity contribution is 5.94. The summed E-state index contributed by atoms with van der Waals surface area (Å²) in [6.07, 6.45) is 10.6. The van der Waals surface area contributed by atoms with Crippen LogP contribution in [-0.4, -0.2) is 23.4 Å². The molecule has 1 fully saturated rings. The van der Waals surface area contributed by atoms with Gasteiger partial charge in [-0.05, 0) is 43.4 Å². The summed E-state index contributed by atoms with van der Waals surface area (Å²) < 4.78 is 0. The first kappa shape index (κ1) is 17.5. The standard InChI is InChI=1S/C20H28N2O/c1-2-3-4-5-6-7-9-17-11-13-18(14-12-17)20(23)22-15-8-10-19(22)16-21/h11-14,19H,2-10,15H2,1H3. The lowest BCUT2D eigenvalue weighted by Gasteiger charge is -2.19. The third kappa shape index (κ3) is 5.10. The highest BCUT2D eigenvalue weighted by Gasteiger charge is 2.28. The van der Waals surface area contributed by atoms with Crippen LogP contribution in [0.15, 0.2) is 24.3 Å². The molecule has 0 aliphatic carbocycles. The van der Waals surface area contributed by atoms with E-state index in [9.17, 15) is 4.79 Å². The maximum absolute atomic E-state index is 12.5. The molecule has 0 aromatic heterocycles. The fourth-order valence-electron chi connectivity index (χ4n) is 3.23. The maximum atomic E-state index is 12.5. The van der Waals surface area contributed by atoms with Crippen LogP contribution in [0.2, 0.25) is 0 Å². The van der Waals surface area contributed by atoms with Crippen LogP contribution in [0.4, 0.5) is 0 Å². The molecule has 1 aromatic rings. The molecular weight excluding hydrogens is 284 g/mol. The summed E-state index contributed by atoms with van der Waals surface area (Å²) in [5.74, 6) is 0.000153. The molecule has 1 aliphatic rings. The molecule has 1 aliphatic heterocycles. The van der Waals surface area contributed by atoms with Gasteiger partial charge in [0.1, 0.15) is 6.04 Å². The van der Waals surface area contributed by atoms with Gasteiger partial charge < -0.3 is 4.90 Å². The van der Waals surface area contributed by atoms with Crippen molar-refractivity contribution >= 4 is 5.91 Å². The molecule has 1 unspecified atom stereocenters. The van der Waals surface area contributed by atoms with Gasteiger partial charge in [-0.1, -0.05) is 51.2 Å². The molecule has 1 atom stereocenters. The third-order valence-corrected chi connectivity index (χ3v) is 4.68. The lowest BCUT2D eigenvalue weighted by atomic mass is 10.0. The van der Waals surface area contributed by atoms with Crippen LogP contribution in [0.25, 0.3) is 0 Å². The molecule has 23 heavy (non-hydrogen) atoms. The number of likely N-dealkylation sites (tertiary alicyclic amines) is 1. The van der Waals surface area contributed by atoms with Crippen molar-refractivity contribution in [2.75, 3.05) is 6.54 Å². The van der Waals surface area contributed by atoms with E-state index in [1.54, 1.807) is 4.90 Å². The molecule has 0 radical (unpaired) electrons. The molecule has 1 heterocycles. The first-order chi connectivity index (χ1) is 11.3. The van der Waals surface area contributed by atoms with Gasteiger partial charge in [0.05, 0.1) is 6.07 Å². The van der Waals surface area contributed by atoms with E-state index in [1.165, 1.54) is 44.1 Å². The number of amides is 1. The largest absolute Gasteiger partial charge is 0.323 e. The van der Waals surface area contributed by atoms with Gasteiger partial charge in [0.25, 0.3) is 5.91 Å². The quantitative estimate of drug-likeness (QED) is 0.652. The molecule has 0 saturated carbocycles. The summed E-state index contributed by atoms with van der Waals surface area (Å²) in [5, 5.41) is 9.11. The Bertz CT molecular complexity index is 530. The van der Waals surface area contributed by atoms with E-state index in [0.29, 0.717) is 12.1 Å². The Labute approximate surface area is 140 Å². The number of rotatable bonds is 8. The van der Waals surface area contributed by atoms with Crippen molar-refractivity contribution in [3.63, 3.8) is 0 Å². The van der Waals surface area contributed by atoms with Gasteiger partial charge in [0, 0.05) is 12.1 Å². The Morgan fingerprint density at radius 2 is 1.87 bits per heavy atom. The van der Waals surface area contributed by atoms with E-state index in [2.05, 4.69) is 25.1 Å². The van der Waals surface area contributed by atoms with Crippen molar-refractivity contribution in [2.45, 2.75) is 70.8 Å². The minimum atomic E-state index is -0.245. The highest BCUT2D eigenvalue weighted by Crippen LogP contribution is 2.20. The normalized spacial score (nSPS) is 17.2. The predicted molar refractivity (Wildman–Crippen MR) is 93.2 cm³/mol. The van der Waals surface area contributed by atoms with E-state index in [1.807, 2.05) is 12.1 Å². The number of aryl methyl sites for hydroxylation is 1. The van der Waals surface area contributed by atoms with Crippen LogP contribution < -0.4 is 0 Å². The monoisotopic (exact) mass is 312 g/mol. The number of nitriles is 1. The van der Waals surface area contributed by atoms with Crippen LogP contribution in [0.1, 0.15) is 74.2 Å². The number of carbonyl (C=O) groups excluding carboxylic acids is 1. The zero-order valence-corrected chi connectivity index (χ0v) is 14.3. The first-order valence-corrected chi connectivity index (χ1v) is 9.05. The average Bonchev–Trinajstić information content (AvgIpc) is 3.06. The smallest absolute Gasteiger partial charge is 0.254 e. The van der Waals surface area contributed by atoms with Crippen molar-refractivity contribution in [1.29, 1.82) is 5.26 Å². The SMILES string of the molecule is CCCCCCCCc1ccc(C(=O)N2CCCC2C#N)cc1. The number of benzene rings is 1. The lowest BCUT2D eigenvalue weighted by Crippen LogP contribution is -2.34. The van der Waals surface area contributed by atoms with Crippen LogP contribution >= 0.6 is 0 Å². The average molecular weight is 312 g/mol. The number of hydrogen-bond donors (Lipinski definition) is 0. The maximum Gasteiger partial charge on any atom is 0.254 e. The van der Waals surface area contributed by atoms with E-state index < -0.39 is 0 Å². The molecule has 0 spiro atoms. The summed E-state index contributed by atoms with van der Waals surface area (Å²) in [7, 11) is 0. The number of unbranched alkanes of at least 4 members (excludes halogenated alkanes) is 5. The second-order valence-corrected chi connectivity index (χ2v) is 6.50. The minimum Gasteiger partial charge on any atom is -0.323 e. The first-order valence-electron chi connectivity index (χ1n) is 9.05. The van der Waals surface area contributed by atoms with Crippen molar-refractivity contribution in [3.05, 3.63) is 35.4 Å². The van der Waals surface area contributed by atoms with Gasteiger partial charge in [-0.15, -0.1) is 0 Å². The fraction of sp³-hybridized carbons (Fsp3) is 0.600. The Morgan fingerprint density at radius 1 is 1.17 bits per heavy atom. The topological polar surface area (TPSA) is 44.1 Å². The van der Waals surface area contributed by atoms with Gasteiger partial charge in [0.2, 0.25) is 0 Å². The van der Waals surface area contributed by atoms with Gasteiger partial charge in [-0.2, -0.15) is 5.26 Å². The second kappa shape index (κ2) is 9.35. The van der Waals surface area contributed by atoms with Crippen LogP contribution in [-0.2, 0) is 6.42 Å². The Balaban J connectivity index is 1.80. The Hall–Kier alpha value is -1.82. The summed E-state index contributed by atoms with van der Waals surface area (Å²) in [4.78, 5) is 14.2. The molecule has 124 valence electrons. The summed E-state index contributed by atoms with van der Waals surface area (Å²) in [5.41, 5.74) is 2.01. The highest BCUT2D eigenvalue weighted by atomic mass is 16.2. The molecule has 0 bridgehead atoms. The molecule has 1 amide bonds. The molecule has 1 saturated heterocycles. The van der Waals surface area contributed by atoms with Crippen molar-refractivity contribution in [2.24, 2.45) is 0 Å². The van der Waals surface area contributed by atoms with Gasteiger partial charge in [-0.25, -0.2) is 0 Å². The van der Waals surface area contributed by atoms with Crippen LogP contribution in [0.3, 0.4) is 0 Å². The van der Waals surface area contributed by atoms with Gasteiger partial charge in [-0.3, -0.25) is 4.79 Å². The van der Waals surface area contributed by atoms with Crippen molar-refractivity contribution in [1.82, 2.24) is 4.90 Å². The van der Waals surface area contributed by atoms with Crippen LogP contribution in [0.5, 0.6) is 0 Å². The molecule has 3 heteroatoms. The van der Waals surface area contributed by atoms with Crippen LogP contribution in [0, 0.1) is 11.3 Å². The predicted octanol–water partition coefficient (Wildman–Crippen LogP) is 4.72. The lowest BCUT2D eigenvalue weighted by molar-refractivity contribution is 0.0765.